The van der Waals surface area contributed by atoms with E-state index in [2.05, 4.69) is 44.5 Å². The Morgan fingerprint density at radius 2 is 1.87 bits per heavy atom. The van der Waals surface area contributed by atoms with Crippen molar-refractivity contribution < 1.29 is 8.98 Å². The summed E-state index contributed by atoms with van der Waals surface area (Å²) in [7, 11) is 0. The summed E-state index contributed by atoms with van der Waals surface area (Å²) in [5.41, 5.74) is 2.68. The molecule has 3 nitrogen and oxygen atoms in total. The largest absolute Gasteiger partial charge is 0.422 e. The highest BCUT2D eigenvalue weighted by Crippen LogP contribution is 2.31. The standard InChI is InChI=1S/C20H24NO2/c1-5-13(3)15-9-7-11-17-18(15)19-16(20(22)23-17)10-8-12-21(19)14(4)6-2/h7-14H,5-6H2,1-4H3/q+1. The molecule has 2 atom stereocenters. The molecule has 0 aliphatic rings. The van der Waals surface area contributed by atoms with Crippen LogP contribution in [0.1, 0.15) is 58.1 Å². The second-order valence-electron chi connectivity index (χ2n) is 6.35. The lowest BCUT2D eigenvalue weighted by Crippen LogP contribution is -2.38. The van der Waals surface area contributed by atoms with Crippen molar-refractivity contribution in [1.82, 2.24) is 0 Å². The fourth-order valence-corrected chi connectivity index (χ4v) is 3.19. The Labute approximate surface area is 136 Å². The zero-order valence-corrected chi connectivity index (χ0v) is 14.3. The summed E-state index contributed by atoms with van der Waals surface area (Å²) in [5.74, 6) is 0.417. The van der Waals surface area contributed by atoms with Gasteiger partial charge in [0.05, 0.1) is 5.39 Å². The van der Waals surface area contributed by atoms with E-state index in [1.165, 1.54) is 5.56 Å². The van der Waals surface area contributed by atoms with Gasteiger partial charge in [0.1, 0.15) is 11.0 Å². The van der Waals surface area contributed by atoms with E-state index in [9.17, 15) is 4.79 Å². The minimum atomic E-state index is -0.258. The van der Waals surface area contributed by atoms with Crippen molar-refractivity contribution in [3.8, 4) is 0 Å². The zero-order valence-electron chi connectivity index (χ0n) is 14.3. The van der Waals surface area contributed by atoms with Gasteiger partial charge in [-0.3, -0.25) is 0 Å². The van der Waals surface area contributed by atoms with Crippen LogP contribution in [0.2, 0.25) is 0 Å². The molecule has 3 rings (SSSR count). The maximum Gasteiger partial charge on any atom is 0.350 e. The zero-order chi connectivity index (χ0) is 16.6. The maximum atomic E-state index is 12.4. The minimum absolute atomic E-state index is 0.258. The van der Waals surface area contributed by atoms with Crippen molar-refractivity contribution in [2.45, 2.75) is 52.5 Å². The molecule has 120 valence electrons. The lowest BCUT2D eigenvalue weighted by atomic mass is 9.93. The second-order valence-corrected chi connectivity index (χ2v) is 6.35. The van der Waals surface area contributed by atoms with E-state index in [0.717, 1.165) is 23.7 Å². The third-order valence-electron chi connectivity index (χ3n) is 4.95. The molecule has 23 heavy (non-hydrogen) atoms. The predicted octanol–water partition coefficient (Wildman–Crippen LogP) is 4.72. The van der Waals surface area contributed by atoms with Crippen LogP contribution in [-0.2, 0) is 0 Å². The van der Waals surface area contributed by atoms with Crippen molar-refractivity contribution >= 4 is 21.9 Å². The Morgan fingerprint density at radius 3 is 2.57 bits per heavy atom. The first-order valence-electron chi connectivity index (χ1n) is 8.48. The molecule has 2 unspecified atom stereocenters. The van der Waals surface area contributed by atoms with Crippen LogP contribution >= 0.6 is 0 Å². The van der Waals surface area contributed by atoms with E-state index >= 15 is 0 Å². The summed E-state index contributed by atoms with van der Waals surface area (Å²) in [6.07, 6.45) is 4.13. The third kappa shape index (κ3) is 2.54. The van der Waals surface area contributed by atoms with E-state index in [0.29, 0.717) is 22.9 Å². The summed E-state index contributed by atoms with van der Waals surface area (Å²) < 4.78 is 7.83. The molecule has 0 aliphatic heterocycles. The van der Waals surface area contributed by atoms with Crippen LogP contribution in [0.5, 0.6) is 0 Å². The molecule has 3 aromatic rings. The molecule has 0 aliphatic carbocycles. The average molecular weight is 310 g/mol. The van der Waals surface area contributed by atoms with Crippen LogP contribution in [0.15, 0.2) is 45.7 Å². The molecule has 0 saturated heterocycles. The molecule has 1 aromatic carbocycles. The summed E-state index contributed by atoms with van der Waals surface area (Å²) in [4.78, 5) is 12.4. The topological polar surface area (TPSA) is 34.1 Å². The van der Waals surface area contributed by atoms with Gasteiger partial charge in [-0.15, -0.1) is 0 Å². The van der Waals surface area contributed by atoms with Crippen LogP contribution in [-0.4, -0.2) is 0 Å². The van der Waals surface area contributed by atoms with Gasteiger partial charge in [0.25, 0.3) is 0 Å². The molecule has 3 heteroatoms. The molecule has 0 N–H and O–H groups in total. The van der Waals surface area contributed by atoms with Gasteiger partial charge in [-0.25, -0.2) is 4.79 Å². The molecule has 0 radical (unpaired) electrons. The van der Waals surface area contributed by atoms with Gasteiger partial charge in [0.2, 0.25) is 5.52 Å². The van der Waals surface area contributed by atoms with E-state index in [4.69, 9.17) is 4.42 Å². The summed E-state index contributed by atoms with van der Waals surface area (Å²) in [5, 5.41) is 1.74. The first-order valence-corrected chi connectivity index (χ1v) is 8.48. The average Bonchev–Trinajstić information content (AvgIpc) is 2.59. The molecule has 0 amide bonds. The molecule has 2 aromatic heterocycles. The van der Waals surface area contributed by atoms with Crippen molar-refractivity contribution in [2.75, 3.05) is 0 Å². The van der Waals surface area contributed by atoms with Gasteiger partial charge in [-0.05, 0) is 37.0 Å². The van der Waals surface area contributed by atoms with Crippen LogP contribution in [0, 0.1) is 0 Å². The SMILES string of the molecule is CCC(C)c1cccc2oc(=O)c3ccc[n+](C(C)CC)c3c12. The smallest absolute Gasteiger partial charge is 0.350 e. The lowest BCUT2D eigenvalue weighted by molar-refractivity contribution is -0.694. The molecule has 0 fully saturated rings. The number of aromatic nitrogens is 1. The maximum absolute atomic E-state index is 12.4. The first kappa shape index (κ1) is 15.7. The number of hydrogen-bond donors (Lipinski definition) is 0. The molecule has 2 heterocycles. The molecule has 0 spiro atoms. The monoisotopic (exact) mass is 310 g/mol. The predicted molar refractivity (Wildman–Crippen MR) is 93.9 cm³/mol. The van der Waals surface area contributed by atoms with Gasteiger partial charge in [-0.2, -0.15) is 4.57 Å². The van der Waals surface area contributed by atoms with Crippen LogP contribution < -0.4 is 10.2 Å². The van der Waals surface area contributed by atoms with Gasteiger partial charge in [0.15, 0.2) is 12.2 Å². The second kappa shape index (κ2) is 6.15. The molecular weight excluding hydrogens is 286 g/mol. The van der Waals surface area contributed by atoms with Crippen molar-refractivity contribution in [2.24, 2.45) is 0 Å². The highest BCUT2D eigenvalue weighted by atomic mass is 16.4. The van der Waals surface area contributed by atoms with Crippen LogP contribution in [0.4, 0.5) is 0 Å². The quantitative estimate of drug-likeness (QED) is 0.397. The van der Waals surface area contributed by atoms with Crippen molar-refractivity contribution in [3.05, 3.63) is 52.5 Å². The fraction of sp³-hybridized carbons (Fsp3) is 0.400. The summed E-state index contributed by atoms with van der Waals surface area (Å²) in [6.45, 7) is 8.77. The van der Waals surface area contributed by atoms with E-state index in [1.54, 1.807) is 0 Å². The number of benzene rings is 1. The van der Waals surface area contributed by atoms with Gasteiger partial charge in [-0.1, -0.05) is 32.9 Å². The number of fused-ring (bicyclic) bond motifs is 3. The number of rotatable bonds is 4. The lowest BCUT2D eigenvalue weighted by Gasteiger charge is -2.14. The Hall–Kier alpha value is -2.16. The van der Waals surface area contributed by atoms with E-state index in [1.807, 2.05) is 24.3 Å². The number of nitrogens with zero attached hydrogens (tertiary/aromatic N) is 1. The molecule has 0 saturated carbocycles. The molecular formula is C20H24NO2+. The van der Waals surface area contributed by atoms with Crippen molar-refractivity contribution in [1.29, 1.82) is 0 Å². The summed E-state index contributed by atoms with van der Waals surface area (Å²) >= 11 is 0. The van der Waals surface area contributed by atoms with E-state index < -0.39 is 0 Å². The highest BCUT2D eigenvalue weighted by molar-refractivity contribution is 6.01. The Kier molecular flexibility index (Phi) is 4.20. The van der Waals surface area contributed by atoms with Crippen LogP contribution in [0.25, 0.3) is 21.9 Å². The van der Waals surface area contributed by atoms with Gasteiger partial charge < -0.3 is 4.42 Å². The van der Waals surface area contributed by atoms with Gasteiger partial charge in [0, 0.05) is 12.5 Å². The third-order valence-corrected chi connectivity index (χ3v) is 4.95. The molecule has 0 bridgehead atoms. The minimum Gasteiger partial charge on any atom is -0.422 e. The van der Waals surface area contributed by atoms with Crippen molar-refractivity contribution in [3.63, 3.8) is 0 Å². The van der Waals surface area contributed by atoms with Gasteiger partial charge >= 0.3 is 5.63 Å². The summed E-state index contributed by atoms with van der Waals surface area (Å²) in [6, 6.07) is 10.2. The Morgan fingerprint density at radius 1 is 1.09 bits per heavy atom. The highest BCUT2D eigenvalue weighted by Gasteiger charge is 2.23. The normalized spacial score (nSPS) is 14.3. The Bertz CT molecular complexity index is 911. The first-order chi connectivity index (χ1) is 11.1. The van der Waals surface area contributed by atoms with E-state index in [-0.39, 0.29) is 5.63 Å². The Balaban J connectivity index is 2.56. The number of pyridine rings is 1. The number of hydrogen-bond acceptors (Lipinski definition) is 2. The fourth-order valence-electron chi connectivity index (χ4n) is 3.19. The van der Waals surface area contributed by atoms with Crippen LogP contribution in [0.3, 0.4) is 0 Å².